The van der Waals surface area contributed by atoms with Gasteiger partial charge in [-0.05, 0) is 12.1 Å². The molecule has 1 aromatic heterocycles. The van der Waals surface area contributed by atoms with Crippen molar-refractivity contribution in [2.45, 2.75) is 12.5 Å². The first-order valence-electron chi connectivity index (χ1n) is 4.78. The number of aromatic nitrogens is 1. The standard InChI is InChI=1S/C10H9FN2O5/c11-7-3-1-2-5(12-7)9(16)13-6(10(17)18)4-8(14)15/h1-3,6H,4H2,(H,13,16)(H,14,15)(H,17,18). The van der Waals surface area contributed by atoms with Crippen molar-refractivity contribution < 1.29 is 29.0 Å². The molecule has 0 aliphatic carbocycles. The molecule has 0 fully saturated rings. The fraction of sp³-hybridized carbons (Fsp3) is 0.200. The van der Waals surface area contributed by atoms with Crippen LogP contribution in [0.5, 0.6) is 0 Å². The van der Waals surface area contributed by atoms with E-state index in [1.54, 1.807) is 0 Å². The second kappa shape index (κ2) is 5.71. The van der Waals surface area contributed by atoms with Crippen LogP contribution in [-0.2, 0) is 9.59 Å². The number of nitrogens with zero attached hydrogens (tertiary/aromatic N) is 1. The molecule has 3 N–H and O–H groups in total. The van der Waals surface area contributed by atoms with E-state index in [-0.39, 0.29) is 5.69 Å². The van der Waals surface area contributed by atoms with Gasteiger partial charge < -0.3 is 15.5 Å². The zero-order valence-corrected chi connectivity index (χ0v) is 8.96. The van der Waals surface area contributed by atoms with E-state index in [2.05, 4.69) is 4.98 Å². The molecule has 1 rings (SSSR count). The molecular formula is C10H9FN2O5. The zero-order valence-electron chi connectivity index (χ0n) is 8.96. The molecule has 0 aromatic carbocycles. The van der Waals surface area contributed by atoms with Gasteiger partial charge in [0.25, 0.3) is 5.91 Å². The van der Waals surface area contributed by atoms with Crippen LogP contribution in [-0.4, -0.2) is 39.1 Å². The van der Waals surface area contributed by atoms with Crippen molar-refractivity contribution in [3.8, 4) is 0 Å². The van der Waals surface area contributed by atoms with Gasteiger partial charge in [0.1, 0.15) is 11.7 Å². The summed E-state index contributed by atoms with van der Waals surface area (Å²) in [6, 6.07) is 1.82. The van der Waals surface area contributed by atoms with Gasteiger partial charge in [-0.1, -0.05) is 6.07 Å². The number of carboxylic acid groups (broad SMARTS) is 2. The number of carbonyl (C=O) groups excluding carboxylic acids is 1. The normalized spacial score (nSPS) is 11.6. The molecule has 1 amide bonds. The lowest BCUT2D eigenvalue weighted by Gasteiger charge is -2.11. The maximum absolute atomic E-state index is 12.7. The highest BCUT2D eigenvalue weighted by molar-refractivity contribution is 5.95. The van der Waals surface area contributed by atoms with E-state index in [1.807, 2.05) is 5.32 Å². The van der Waals surface area contributed by atoms with E-state index >= 15 is 0 Å². The van der Waals surface area contributed by atoms with Crippen molar-refractivity contribution in [1.82, 2.24) is 10.3 Å². The molecule has 0 saturated carbocycles. The van der Waals surface area contributed by atoms with E-state index < -0.39 is 36.3 Å². The topological polar surface area (TPSA) is 117 Å². The van der Waals surface area contributed by atoms with Crippen LogP contribution < -0.4 is 5.32 Å². The number of pyridine rings is 1. The highest BCUT2D eigenvalue weighted by atomic mass is 19.1. The number of amides is 1. The van der Waals surface area contributed by atoms with E-state index in [1.165, 1.54) is 12.1 Å². The first-order chi connectivity index (χ1) is 8.40. The fourth-order valence-corrected chi connectivity index (χ4v) is 1.14. The minimum absolute atomic E-state index is 0.327. The number of carboxylic acids is 2. The Morgan fingerprint density at radius 3 is 2.50 bits per heavy atom. The summed E-state index contributed by atoms with van der Waals surface area (Å²) in [5, 5.41) is 19.1. The largest absolute Gasteiger partial charge is 0.481 e. The highest BCUT2D eigenvalue weighted by Gasteiger charge is 2.24. The van der Waals surface area contributed by atoms with E-state index in [0.29, 0.717) is 0 Å². The summed E-state index contributed by atoms with van der Waals surface area (Å²) >= 11 is 0. The summed E-state index contributed by atoms with van der Waals surface area (Å²) in [5.74, 6) is -4.73. The van der Waals surface area contributed by atoms with Crippen molar-refractivity contribution in [2.24, 2.45) is 0 Å². The van der Waals surface area contributed by atoms with Crippen molar-refractivity contribution in [3.63, 3.8) is 0 Å². The third-order valence-electron chi connectivity index (χ3n) is 1.93. The first kappa shape index (κ1) is 13.6. The van der Waals surface area contributed by atoms with Crippen molar-refractivity contribution >= 4 is 17.8 Å². The van der Waals surface area contributed by atoms with Crippen molar-refractivity contribution in [1.29, 1.82) is 0 Å². The monoisotopic (exact) mass is 256 g/mol. The van der Waals surface area contributed by atoms with E-state index in [0.717, 1.165) is 6.07 Å². The van der Waals surface area contributed by atoms with Crippen LogP contribution in [0.1, 0.15) is 16.9 Å². The van der Waals surface area contributed by atoms with Crippen molar-refractivity contribution in [3.05, 3.63) is 29.8 Å². The Bertz CT molecular complexity index is 491. The number of hydrogen-bond acceptors (Lipinski definition) is 4. The maximum Gasteiger partial charge on any atom is 0.326 e. The Hall–Kier alpha value is -2.51. The molecule has 0 spiro atoms. The van der Waals surface area contributed by atoms with E-state index in [4.69, 9.17) is 10.2 Å². The molecule has 1 atom stereocenters. The molecule has 1 heterocycles. The zero-order chi connectivity index (χ0) is 13.7. The van der Waals surface area contributed by atoms with Gasteiger partial charge in [-0.3, -0.25) is 9.59 Å². The van der Waals surface area contributed by atoms with Gasteiger partial charge >= 0.3 is 11.9 Å². The summed E-state index contributed by atoms with van der Waals surface area (Å²) in [6.07, 6.45) is -0.781. The van der Waals surface area contributed by atoms with Crippen LogP contribution in [0, 0.1) is 5.95 Å². The summed E-state index contributed by atoms with van der Waals surface area (Å²) in [4.78, 5) is 35.8. The molecule has 0 radical (unpaired) electrons. The lowest BCUT2D eigenvalue weighted by atomic mass is 10.2. The second-order valence-electron chi connectivity index (χ2n) is 3.31. The predicted molar refractivity (Wildman–Crippen MR) is 55.3 cm³/mol. The van der Waals surface area contributed by atoms with Crippen molar-refractivity contribution in [2.75, 3.05) is 0 Å². The molecular weight excluding hydrogens is 247 g/mol. The lowest BCUT2D eigenvalue weighted by molar-refractivity contribution is -0.145. The van der Waals surface area contributed by atoms with Crippen LogP contribution in [0.2, 0.25) is 0 Å². The molecule has 96 valence electrons. The number of aliphatic carboxylic acids is 2. The van der Waals surface area contributed by atoms with Gasteiger partial charge in [0, 0.05) is 0 Å². The van der Waals surface area contributed by atoms with Gasteiger partial charge in [-0.25, -0.2) is 9.78 Å². The third kappa shape index (κ3) is 3.81. The molecule has 1 aromatic rings. The minimum atomic E-state index is -1.60. The predicted octanol–water partition coefficient (Wildman–Crippen LogP) is -0.122. The fourth-order valence-electron chi connectivity index (χ4n) is 1.14. The summed E-state index contributed by atoms with van der Waals surface area (Å²) in [5.41, 5.74) is -0.327. The lowest BCUT2D eigenvalue weighted by Crippen LogP contribution is -2.42. The molecule has 7 nitrogen and oxygen atoms in total. The average molecular weight is 256 g/mol. The third-order valence-corrected chi connectivity index (χ3v) is 1.93. The Morgan fingerprint density at radius 2 is 2.00 bits per heavy atom. The van der Waals surface area contributed by atoms with Gasteiger partial charge in [-0.15, -0.1) is 0 Å². The molecule has 0 aliphatic rings. The quantitative estimate of drug-likeness (QED) is 0.632. The first-order valence-corrected chi connectivity index (χ1v) is 4.78. The Kier molecular flexibility index (Phi) is 4.30. The molecule has 8 heteroatoms. The van der Waals surface area contributed by atoms with Gasteiger partial charge in [0.2, 0.25) is 5.95 Å². The molecule has 0 aliphatic heterocycles. The summed E-state index contributed by atoms with van der Waals surface area (Å²) in [7, 11) is 0. The number of rotatable bonds is 5. The molecule has 0 saturated heterocycles. The Balaban J connectivity index is 2.78. The number of halogens is 1. The average Bonchev–Trinajstić information content (AvgIpc) is 2.27. The van der Waals surface area contributed by atoms with Gasteiger partial charge in [-0.2, -0.15) is 4.39 Å². The van der Waals surface area contributed by atoms with Gasteiger partial charge in [0.15, 0.2) is 0 Å². The summed E-state index contributed by atoms with van der Waals surface area (Å²) in [6.45, 7) is 0. The Morgan fingerprint density at radius 1 is 1.33 bits per heavy atom. The van der Waals surface area contributed by atoms with E-state index in [9.17, 15) is 18.8 Å². The molecule has 1 unspecified atom stereocenters. The van der Waals surface area contributed by atoms with Gasteiger partial charge in [0.05, 0.1) is 6.42 Å². The smallest absolute Gasteiger partial charge is 0.326 e. The van der Waals surface area contributed by atoms with Crippen LogP contribution >= 0.6 is 0 Å². The summed E-state index contributed by atoms with van der Waals surface area (Å²) < 4.78 is 12.7. The SMILES string of the molecule is O=C(O)CC(NC(=O)c1cccc(F)n1)C(=O)O. The molecule has 0 bridgehead atoms. The molecule has 18 heavy (non-hydrogen) atoms. The number of hydrogen-bond donors (Lipinski definition) is 3. The maximum atomic E-state index is 12.7. The van der Waals surface area contributed by atoms with Crippen LogP contribution in [0.3, 0.4) is 0 Å². The van der Waals surface area contributed by atoms with Crippen LogP contribution in [0.25, 0.3) is 0 Å². The van der Waals surface area contributed by atoms with Crippen LogP contribution in [0.4, 0.5) is 4.39 Å². The number of carbonyl (C=O) groups is 3. The second-order valence-corrected chi connectivity index (χ2v) is 3.31. The minimum Gasteiger partial charge on any atom is -0.481 e. The van der Waals surface area contributed by atoms with Crippen LogP contribution in [0.15, 0.2) is 18.2 Å². The number of nitrogens with one attached hydrogen (secondary N) is 1. The highest BCUT2D eigenvalue weighted by Crippen LogP contribution is 2.00. The Labute approximate surface area is 100 Å².